The summed E-state index contributed by atoms with van der Waals surface area (Å²) in [6.45, 7) is 0. The summed E-state index contributed by atoms with van der Waals surface area (Å²) in [5.74, 6) is 0. The SMILES string of the molecule is c1ccc(-c2ccc(-n3c4ccc(-c5ccccc5)cc4c4c5ccc6[nH]c7ccc(-c8ccccc8)cc7c6c5ccc43)cc2)cc1. The second kappa shape index (κ2) is 10.6. The van der Waals surface area contributed by atoms with E-state index in [1.807, 2.05) is 0 Å². The molecule has 0 fully saturated rings. The van der Waals surface area contributed by atoms with Crippen LogP contribution in [0.2, 0.25) is 0 Å². The van der Waals surface area contributed by atoms with Crippen molar-refractivity contribution in [3.63, 3.8) is 0 Å². The van der Waals surface area contributed by atoms with E-state index < -0.39 is 0 Å². The van der Waals surface area contributed by atoms with E-state index in [0.717, 1.165) is 16.7 Å². The molecule has 0 radical (unpaired) electrons. The Balaban J connectivity index is 1.26. The third-order valence-corrected chi connectivity index (χ3v) is 9.93. The first kappa shape index (κ1) is 26.8. The zero-order valence-corrected chi connectivity index (χ0v) is 26.2. The monoisotopic (exact) mass is 610 g/mol. The van der Waals surface area contributed by atoms with E-state index in [1.165, 1.54) is 76.7 Å². The van der Waals surface area contributed by atoms with Crippen LogP contribution in [0.25, 0.3) is 93.5 Å². The van der Waals surface area contributed by atoms with Gasteiger partial charge in [0.2, 0.25) is 0 Å². The molecule has 0 saturated carbocycles. The molecule has 48 heavy (non-hydrogen) atoms. The smallest absolute Gasteiger partial charge is 0.0547 e. The first-order chi connectivity index (χ1) is 23.8. The van der Waals surface area contributed by atoms with Crippen LogP contribution in [-0.4, -0.2) is 9.55 Å². The van der Waals surface area contributed by atoms with Gasteiger partial charge in [-0.1, -0.05) is 127 Å². The Hall–Kier alpha value is -6.38. The van der Waals surface area contributed by atoms with Crippen LogP contribution in [0, 0.1) is 0 Å². The summed E-state index contributed by atoms with van der Waals surface area (Å²) in [5, 5.41) is 7.59. The van der Waals surface area contributed by atoms with Crippen molar-refractivity contribution in [2.45, 2.75) is 0 Å². The minimum absolute atomic E-state index is 1.15. The van der Waals surface area contributed by atoms with Crippen molar-refractivity contribution < 1.29 is 0 Å². The number of hydrogen-bond acceptors (Lipinski definition) is 0. The maximum atomic E-state index is 3.71. The van der Waals surface area contributed by atoms with Crippen LogP contribution in [0.3, 0.4) is 0 Å². The highest BCUT2D eigenvalue weighted by Crippen LogP contribution is 2.42. The van der Waals surface area contributed by atoms with Crippen LogP contribution in [0.1, 0.15) is 0 Å². The van der Waals surface area contributed by atoms with Crippen LogP contribution in [-0.2, 0) is 0 Å². The summed E-state index contributed by atoms with van der Waals surface area (Å²) in [5.41, 5.74) is 13.2. The molecule has 0 amide bonds. The number of benzene rings is 8. The molecular weight excluding hydrogens is 581 g/mol. The van der Waals surface area contributed by atoms with Gasteiger partial charge in [0.1, 0.15) is 0 Å². The van der Waals surface area contributed by atoms with Gasteiger partial charge in [0.05, 0.1) is 11.0 Å². The van der Waals surface area contributed by atoms with Gasteiger partial charge < -0.3 is 9.55 Å². The number of aromatic amines is 1. The van der Waals surface area contributed by atoms with Crippen LogP contribution < -0.4 is 0 Å². The number of H-pyrrole nitrogens is 1. The van der Waals surface area contributed by atoms with Gasteiger partial charge in [-0.2, -0.15) is 0 Å². The molecule has 0 spiro atoms. The van der Waals surface area contributed by atoms with Crippen molar-refractivity contribution in [1.29, 1.82) is 0 Å². The van der Waals surface area contributed by atoms with E-state index in [4.69, 9.17) is 0 Å². The number of rotatable bonds is 4. The van der Waals surface area contributed by atoms with Gasteiger partial charge in [-0.3, -0.25) is 0 Å². The third kappa shape index (κ3) is 4.13. The van der Waals surface area contributed by atoms with Gasteiger partial charge in [-0.25, -0.2) is 0 Å². The van der Waals surface area contributed by atoms with Gasteiger partial charge in [-0.15, -0.1) is 0 Å². The second-order valence-corrected chi connectivity index (χ2v) is 12.6. The molecule has 2 heterocycles. The van der Waals surface area contributed by atoms with Crippen LogP contribution in [0.4, 0.5) is 0 Å². The van der Waals surface area contributed by atoms with E-state index in [1.54, 1.807) is 0 Å². The zero-order chi connectivity index (χ0) is 31.6. The fourth-order valence-electron chi connectivity index (χ4n) is 7.66. The maximum Gasteiger partial charge on any atom is 0.0547 e. The lowest BCUT2D eigenvalue weighted by Crippen LogP contribution is -1.94. The highest BCUT2D eigenvalue weighted by molar-refractivity contribution is 6.29. The Kier molecular flexibility index (Phi) is 5.91. The number of nitrogens with one attached hydrogen (secondary N) is 1. The summed E-state index contributed by atoms with van der Waals surface area (Å²) in [7, 11) is 0. The summed E-state index contributed by atoms with van der Waals surface area (Å²) < 4.78 is 2.43. The summed E-state index contributed by atoms with van der Waals surface area (Å²) in [6, 6.07) is 63.9. The Morgan fingerprint density at radius 2 is 0.792 bits per heavy atom. The first-order valence-electron chi connectivity index (χ1n) is 16.5. The standard InChI is InChI=1S/C46H30N2/c1-4-10-30(11-5-1)33-16-20-36(21-17-33)48-43-26-19-35(32-14-8-3-9-15-32)29-40(43)46-38-22-25-42-45(37(38)23-27-44(46)48)39-28-34(18-24-41(39)47-42)31-12-6-2-7-13-31/h1-29,47H. The molecule has 224 valence electrons. The molecule has 10 aromatic rings. The minimum Gasteiger partial charge on any atom is -0.354 e. The lowest BCUT2D eigenvalue weighted by Gasteiger charge is -2.10. The minimum atomic E-state index is 1.15. The van der Waals surface area contributed by atoms with Crippen molar-refractivity contribution in [2.24, 2.45) is 0 Å². The third-order valence-electron chi connectivity index (χ3n) is 9.93. The van der Waals surface area contributed by atoms with E-state index in [9.17, 15) is 0 Å². The van der Waals surface area contributed by atoms with Crippen molar-refractivity contribution >= 4 is 54.4 Å². The fourth-order valence-corrected chi connectivity index (χ4v) is 7.66. The van der Waals surface area contributed by atoms with Gasteiger partial charge >= 0.3 is 0 Å². The molecule has 1 N–H and O–H groups in total. The van der Waals surface area contributed by atoms with E-state index in [0.29, 0.717) is 0 Å². The highest BCUT2D eigenvalue weighted by atomic mass is 15.0. The zero-order valence-electron chi connectivity index (χ0n) is 26.2. The number of fused-ring (bicyclic) bond motifs is 9. The van der Waals surface area contributed by atoms with Crippen LogP contribution in [0.15, 0.2) is 176 Å². The molecule has 0 bridgehead atoms. The lowest BCUT2D eigenvalue weighted by molar-refractivity contribution is 1.18. The van der Waals surface area contributed by atoms with Crippen molar-refractivity contribution in [3.8, 4) is 39.1 Å². The molecule has 2 heteroatoms. The Bertz CT molecular complexity index is 2790. The lowest BCUT2D eigenvalue weighted by atomic mass is 9.97. The Labute approximate surface area is 278 Å². The number of hydrogen-bond donors (Lipinski definition) is 1. The molecule has 10 rings (SSSR count). The number of nitrogens with zero attached hydrogens (tertiary/aromatic N) is 1. The van der Waals surface area contributed by atoms with Gasteiger partial charge in [0, 0.05) is 38.3 Å². The molecule has 2 aromatic heterocycles. The Morgan fingerprint density at radius 1 is 0.312 bits per heavy atom. The van der Waals surface area contributed by atoms with Crippen molar-refractivity contribution in [2.75, 3.05) is 0 Å². The predicted octanol–water partition coefficient (Wildman–Crippen LogP) is 12.6. The summed E-state index contributed by atoms with van der Waals surface area (Å²) in [4.78, 5) is 3.71. The Morgan fingerprint density at radius 3 is 1.46 bits per heavy atom. The van der Waals surface area contributed by atoms with E-state index in [-0.39, 0.29) is 0 Å². The molecule has 8 aromatic carbocycles. The molecular formula is C46H30N2. The average Bonchev–Trinajstić information content (AvgIpc) is 3.71. The molecule has 0 unspecified atom stereocenters. The molecule has 2 nitrogen and oxygen atoms in total. The maximum absolute atomic E-state index is 3.71. The van der Waals surface area contributed by atoms with Gasteiger partial charge in [0.25, 0.3) is 0 Å². The first-order valence-corrected chi connectivity index (χ1v) is 16.5. The predicted molar refractivity (Wildman–Crippen MR) is 204 cm³/mol. The molecule has 0 aliphatic heterocycles. The normalized spacial score (nSPS) is 11.8. The molecule has 0 aliphatic rings. The number of aromatic nitrogens is 2. The van der Waals surface area contributed by atoms with Gasteiger partial charge in [0.15, 0.2) is 0 Å². The van der Waals surface area contributed by atoms with Crippen molar-refractivity contribution in [3.05, 3.63) is 176 Å². The average molecular weight is 611 g/mol. The quantitative estimate of drug-likeness (QED) is 0.205. The molecule has 0 aliphatic carbocycles. The largest absolute Gasteiger partial charge is 0.354 e. The van der Waals surface area contributed by atoms with Crippen LogP contribution in [0.5, 0.6) is 0 Å². The molecule has 0 saturated heterocycles. The summed E-state index contributed by atoms with van der Waals surface area (Å²) >= 11 is 0. The van der Waals surface area contributed by atoms with Crippen molar-refractivity contribution in [1.82, 2.24) is 9.55 Å². The second-order valence-electron chi connectivity index (χ2n) is 12.6. The summed E-state index contributed by atoms with van der Waals surface area (Å²) in [6.07, 6.45) is 0. The molecule has 0 atom stereocenters. The van der Waals surface area contributed by atoms with Gasteiger partial charge in [-0.05, 0) is 92.7 Å². The van der Waals surface area contributed by atoms with E-state index in [2.05, 4.69) is 185 Å². The fraction of sp³-hybridized carbons (Fsp3) is 0. The van der Waals surface area contributed by atoms with E-state index >= 15 is 0 Å². The topological polar surface area (TPSA) is 20.7 Å². The highest BCUT2D eigenvalue weighted by Gasteiger charge is 2.18. The van der Waals surface area contributed by atoms with Crippen LogP contribution >= 0.6 is 0 Å².